The molecular weight excluding hydrogens is 798 g/mol. The number of rotatable bonds is 21. The van der Waals surface area contributed by atoms with Gasteiger partial charge < -0.3 is 29.3 Å². The molecule has 2 N–H and O–H groups in total. The van der Waals surface area contributed by atoms with Gasteiger partial charge in [0.2, 0.25) is 15.8 Å². The SMILES string of the molecule is C=CCOC12Oc3ccc(OCc4ccccc4F)cc3C3C(CCCCO)C(CCCCO)C=C(C(=NOCC)CC1N(CCC)S(=O)(=O)c1cccc4cccnc14)C32. The van der Waals surface area contributed by atoms with E-state index in [1.807, 2.05) is 38.1 Å². The molecule has 1 aliphatic heterocycles. The van der Waals surface area contributed by atoms with Crippen LogP contribution in [0.15, 0.2) is 113 Å². The average molecular weight is 856 g/mol. The Morgan fingerprint density at radius 2 is 1.80 bits per heavy atom. The number of hydrogen-bond acceptors (Lipinski definition) is 10. The second kappa shape index (κ2) is 20.0. The van der Waals surface area contributed by atoms with E-state index >= 15 is 8.42 Å². The maximum atomic E-state index is 15.4. The van der Waals surface area contributed by atoms with Crippen molar-refractivity contribution < 1.29 is 42.1 Å². The summed E-state index contributed by atoms with van der Waals surface area (Å²) >= 11 is 0. The Morgan fingerprint density at radius 1 is 1.02 bits per heavy atom. The molecular formula is C48H58FN3O8S. The molecule has 4 aromatic rings. The topological polar surface area (TPSA) is 140 Å². The smallest absolute Gasteiger partial charge is 0.245 e. The van der Waals surface area contributed by atoms with E-state index in [-0.39, 0.29) is 67.9 Å². The molecule has 1 saturated carbocycles. The summed E-state index contributed by atoms with van der Waals surface area (Å²) in [6.45, 7) is 8.47. The van der Waals surface area contributed by atoms with Crippen LogP contribution in [0.25, 0.3) is 10.9 Å². The van der Waals surface area contributed by atoms with Gasteiger partial charge in [0.05, 0.1) is 29.8 Å². The zero-order chi connectivity index (χ0) is 43.0. The highest BCUT2D eigenvalue weighted by Crippen LogP contribution is 2.62. The van der Waals surface area contributed by atoms with Crippen LogP contribution in [0.2, 0.25) is 0 Å². The fraction of sp³-hybridized carbons (Fsp3) is 0.458. The quantitative estimate of drug-likeness (QED) is 0.0479. The number of benzene rings is 3. The first-order valence-electron chi connectivity index (χ1n) is 21.6. The first kappa shape index (κ1) is 44.4. The van der Waals surface area contributed by atoms with Crippen LogP contribution in [-0.2, 0) is 26.2 Å². The zero-order valence-electron chi connectivity index (χ0n) is 35.1. The summed E-state index contributed by atoms with van der Waals surface area (Å²) < 4.78 is 67.7. The Morgan fingerprint density at radius 3 is 2.56 bits per heavy atom. The van der Waals surface area contributed by atoms with E-state index in [2.05, 4.69) is 17.6 Å². The lowest BCUT2D eigenvalue weighted by molar-refractivity contribution is -0.251. The molecule has 0 spiro atoms. The third-order valence-corrected chi connectivity index (χ3v) is 14.2. The summed E-state index contributed by atoms with van der Waals surface area (Å²) in [6.07, 6.45) is 10.5. The van der Waals surface area contributed by atoms with E-state index in [9.17, 15) is 14.6 Å². The van der Waals surface area contributed by atoms with Crippen LogP contribution in [0.5, 0.6) is 11.5 Å². The molecule has 2 aliphatic carbocycles. The van der Waals surface area contributed by atoms with Gasteiger partial charge in [0.15, 0.2) is 0 Å². The largest absolute Gasteiger partial charge is 0.489 e. The Bertz CT molecular complexity index is 2320. The van der Waals surface area contributed by atoms with E-state index in [0.29, 0.717) is 59.5 Å². The van der Waals surface area contributed by atoms with Crippen molar-refractivity contribution in [3.8, 4) is 11.5 Å². The van der Waals surface area contributed by atoms with Crippen molar-refractivity contribution in [2.24, 2.45) is 22.9 Å². The van der Waals surface area contributed by atoms with E-state index in [0.717, 1.165) is 36.8 Å². The molecule has 1 aromatic heterocycles. The number of allylic oxidation sites excluding steroid dienone is 1. The number of pyridine rings is 1. The number of halogens is 1. The van der Waals surface area contributed by atoms with Crippen LogP contribution < -0.4 is 9.47 Å². The lowest BCUT2D eigenvalue weighted by Gasteiger charge is -2.59. The molecule has 0 bridgehead atoms. The molecule has 0 amide bonds. The van der Waals surface area contributed by atoms with Crippen molar-refractivity contribution >= 4 is 26.6 Å². The number of aromatic nitrogens is 1. The van der Waals surface area contributed by atoms with E-state index in [4.69, 9.17) is 24.2 Å². The zero-order valence-corrected chi connectivity index (χ0v) is 35.9. The first-order chi connectivity index (χ1) is 29.7. The molecule has 3 aliphatic rings. The summed E-state index contributed by atoms with van der Waals surface area (Å²) in [5, 5.41) is 25.3. The number of para-hydroxylation sites is 1. The van der Waals surface area contributed by atoms with Crippen molar-refractivity contribution in [1.82, 2.24) is 9.29 Å². The van der Waals surface area contributed by atoms with Gasteiger partial charge in [-0.3, -0.25) is 4.98 Å². The fourth-order valence-corrected chi connectivity index (χ4v) is 11.6. The standard InChI is InChI=1S/C48H58FN3O8S/c1-4-25-52(61(55,56)43-21-13-17-33-18-14-24-50-47(33)43)44-31-41(51-59-6-3)38-29-34(15-9-11-26-53)37(19-10-12-27-54)45-39-30-36(57-32-35-16-7-8-20-40(35)49)22-23-42(39)60-48(44,46(38)45)58-28-5-2/h5,7-8,13-14,16-18,20-24,29-30,34,37,44-46,53-54H,2,4,6,9-12,15,19,25-28,31-32H2,1,3H3. The van der Waals surface area contributed by atoms with Crippen LogP contribution in [0.3, 0.4) is 0 Å². The highest BCUT2D eigenvalue weighted by molar-refractivity contribution is 7.89. The molecule has 1 fully saturated rings. The molecule has 3 aromatic carbocycles. The highest BCUT2D eigenvalue weighted by Gasteiger charge is 2.66. The predicted molar refractivity (Wildman–Crippen MR) is 233 cm³/mol. The highest BCUT2D eigenvalue weighted by atomic mass is 32.2. The second-order valence-electron chi connectivity index (χ2n) is 16.0. The Balaban J connectivity index is 1.46. The van der Waals surface area contributed by atoms with Gasteiger partial charge in [-0.25, -0.2) is 12.8 Å². The number of oxime groups is 1. The molecule has 0 saturated heterocycles. The molecule has 61 heavy (non-hydrogen) atoms. The van der Waals surface area contributed by atoms with Gasteiger partial charge in [0.25, 0.3) is 0 Å². The maximum absolute atomic E-state index is 15.4. The summed E-state index contributed by atoms with van der Waals surface area (Å²) in [7, 11) is -4.28. The van der Waals surface area contributed by atoms with Gasteiger partial charge in [-0.1, -0.05) is 73.5 Å². The van der Waals surface area contributed by atoms with Crippen LogP contribution in [-0.4, -0.2) is 78.4 Å². The van der Waals surface area contributed by atoms with Crippen LogP contribution in [0, 0.1) is 23.6 Å². The fourth-order valence-electron chi connectivity index (χ4n) is 9.71. The number of sulfonamides is 1. The number of nitrogens with zero attached hydrogens (tertiary/aromatic N) is 3. The van der Waals surface area contributed by atoms with Gasteiger partial charge >= 0.3 is 0 Å². The van der Waals surface area contributed by atoms with Gasteiger partial charge in [-0.15, -0.1) is 6.58 Å². The van der Waals surface area contributed by atoms with E-state index in [1.54, 1.807) is 54.7 Å². The molecule has 6 unspecified atom stereocenters. The predicted octanol–water partition coefficient (Wildman–Crippen LogP) is 8.71. The number of hydrogen-bond donors (Lipinski definition) is 2. The molecule has 11 nitrogen and oxygen atoms in total. The van der Waals surface area contributed by atoms with Gasteiger partial charge in [0, 0.05) is 54.8 Å². The summed E-state index contributed by atoms with van der Waals surface area (Å²) in [6, 6.07) is 20.0. The van der Waals surface area contributed by atoms with Crippen molar-refractivity contribution in [2.75, 3.05) is 33.0 Å². The van der Waals surface area contributed by atoms with Crippen LogP contribution >= 0.6 is 0 Å². The van der Waals surface area contributed by atoms with Crippen molar-refractivity contribution in [3.63, 3.8) is 0 Å². The molecule has 0 radical (unpaired) electrons. The minimum absolute atomic E-state index is 0.0156. The van der Waals surface area contributed by atoms with Gasteiger partial charge in [0.1, 0.15) is 35.4 Å². The minimum atomic E-state index is -4.28. The molecule has 7 rings (SSSR count). The van der Waals surface area contributed by atoms with E-state index < -0.39 is 27.8 Å². The van der Waals surface area contributed by atoms with Crippen LogP contribution in [0.1, 0.15) is 82.3 Å². The maximum Gasteiger partial charge on any atom is 0.245 e. The summed E-state index contributed by atoms with van der Waals surface area (Å²) in [4.78, 5) is 10.5. The number of ether oxygens (including phenoxy) is 3. The van der Waals surface area contributed by atoms with Crippen molar-refractivity contribution in [3.05, 3.63) is 120 Å². The minimum Gasteiger partial charge on any atom is -0.489 e. The van der Waals surface area contributed by atoms with Crippen LogP contribution in [0.4, 0.5) is 4.39 Å². The third-order valence-electron chi connectivity index (χ3n) is 12.3. The Hall–Kier alpha value is -4.66. The first-order valence-corrected chi connectivity index (χ1v) is 23.1. The molecule has 13 heteroatoms. The van der Waals surface area contributed by atoms with Crippen molar-refractivity contribution in [1.29, 1.82) is 0 Å². The molecule has 326 valence electrons. The average Bonchev–Trinajstić information content (AvgIpc) is 3.27. The van der Waals surface area contributed by atoms with Crippen molar-refractivity contribution in [2.45, 2.75) is 94.5 Å². The lowest BCUT2D eigenvalue weighted by atomic mass is 9.55. The number of unbranched alkanes of at least 4 members (excludes halogenated alkanes) is 2. The lowest BCUT2D eigenvalue weighted by Crippen LogP contribution is -2.70. The second-order valence-corrected chi connectivity index (χ2v) is 17.9. The summed E-state index contributed by atoms with van der Waals surface area (Å²) in [5.74, 6) is -1.79. The number of aliphatic hydroxyl groups excluding tert-OH is 2. The number of fused-ring (bicyclic) bond motifs is 3. The normalized spacial score (nSPS) is 23.9. The molecule has 6 atom stereocenters. The van der Waals surface area contributed by atoms with E-state index in [1.165, 1.54) is 10.4 Å². The van der Waals surface area contributed by atoms with Gasteiger partial charge in [-0.05, 0) is 92.8 Å². The monoisotopic (exact) mass is 855 g/mol. The Kier molecular flexibility index (Phi) is 14.6. The molecule has 2 heterocycles. The van der Waals surface area contributed by atoms with Gasteiger partial charge in [-0.2, -0.15) is 4.31 Å². The number of aliphatic hydroxyl groups is 2. The Labute approximate surface area is 358 Å². The summed E-state index contributed by atoms with van der Waals surface area (Å²) in [5.41, 5.74) is 3.14. The third kappa shape index (κ3) is 8.99.